The highest BCUT2D eigenvalue weighted by molar-refractivity contribution is 5.40. The lowest BCUT2D eigenvalue weighted by Crippen LogP contribution is -2.01. The third-order valence-electron chi connectivity index (χ3n) is 2.91. The molecule has 0 aliphatic heterocycles. The number of phenols is 1. The fourth-order valence-electron chi connectivity index (χ4n) is 2.05. The Hall–Kier alpha value is -1.24. The average Bonchev–Trinajstić information content (AvgIpc) is 2.20. The summed E-state index contributed by atoms with van der Waals surface area (Å²) in [6.07, 6.45) is 6.63. The van der Waals surface area contributed by atoms with Crippen molar-refractivity contribution in [1.82, 2.24) is 0 Å². The van der Waals surface area contributed by atoms with Crippen LogP contribution >= 0.6 is 0 Å². The molecule has 1 atom stereocenters. The van der Waals surface area contributed by atoms with Crippen LogP contribution < -0.4 is 0 Å². The van der Waals surface area contributed by atoms with E-state index in [1.165, 1.54) is 16.7 Å². The molecule has 0 bridgehead atoms. The molecule has 0 amide bonds. The molecule has 0 radical (unpaired) electrons. The van der Waals surface area contributed by atoms with Crippen LogP contribution in [-0.2, 0) is 6.42 Å². The Kier molecular flexibility index (Phi) is 4.60. The number of hydrogen-bond donors (Lipinski definition) is 1. The molecule has 0 aliphatic rings. The van der Waals surface area contributed by atoms with Gasteiger partial charge in [-0.25, -0.2) is 0 Å². The van der Waals surface area contributed by atoms with Gasteiger partial charge in [0.1, 0.15) is 5.75 Å². The molecule has 0 fully saturated rings. The van der Waals surface area contributed by atoms with Crippen LogP contribution in [0.15, 0.2) is 24.3 Å². The number of rotatable bonds is 4. The van der Waals surface area contributed by atoms with Gasteiger partial charge in [-0.05, 0) is 61.4 Å². The summed E-state index contributed by atoms with van der Waals surface area (Å²) in [6, 6.07) is 3.69. The number of benzene rings is 1. The monoisotopic (exact) mass is 218 g/mol. The zero-order valence-electron chi connectivity index (χ0n) is 10.7. The van der Waals surface area contributed by atoms with Crippen molar-refractivity contribution in [1.29, 1.82) is 0 Å². The first-order valence-corrected chi connectivity index (χ1v) is 6.00. The number of allylic oxidation sites excluding steroid dienone is 2. The number of aryl methyl sites for hydroxylation is 2. The van der Waals surface area contributed by atoms with E-state index in [1.807, 2.05) is 12.1 Å². The van der Waals surface area contributed by atoms with Gasteiger partial charge in [0.15, 0.2) is 0 Å². The van der Waals surface area contributed by atoms with Crippen LogP contribution in [0.2, 0.25) is 0 Å². The lowest BCUT2D eigenvalue weighted by molar-refractivity contribution is 0.474. The van der Waals surface area contributed by atoms with E-state index in [9.17, 15) is 5.11 Å². The van der Waals surface area contributed by atoms with Crippen molar-refractivity contribution < 1.29 is 5.11 Å². The average molecular weight is 218 g/mol. The van der Waals surface area contributed by atoms with Gasteiger partial charge in [0.2, 0.25) is 0 Å². The lowest BCUT2D eigenvalue weighted by Gasteiger charge is -2.13. The molecular formula is C15H22O. The van der Waals surface area contributed by atoms with Gasteiger partial charge >= 0.3 is 0 Å². The molecule has 16 heavy (non-hydrogen) atoms. The highest BCUT2D eigenvalue weighted by atomic mass is 16.3. The van der Waals surface area contributed by atoms with Crippen LogP contribution in [0, 0.1) is 19.8 Å². The topological polar surface area (TPSA) is 20.2 Å². The first-order chi connectivity index (χ1) is 7.54. The molecule has 1 nitrogen and oxygen atoms in total. The fourth-order valence-corrected chi connectivity index (χ4v) is 2.05. The van der Waals surface area contributed by atoms with Gasteiger partial charge in [-0.1, -0.05) is 26.0 Å². The van der Waals surface area contributed by atoms with Gasteiger partial charge in [-0.3, -0.25) is 0 Å². The van der Waals surface area contributed by atoms with Crippen molar-refractivity contribution >= 4 is 0 Å². The minimum Gasteiger partial charge on any atom is -0.508 e. The predicted octanol–water partition coefficient (Wildman–Crippen LogP) is 4.15. The molecule has 88 valence electrons. The Morgan fingerprint density at radius 3 is 2.31 bits per heavy atom. The summed E-state index contributed by atoms with van der Waals surface area (Å²) in [6.45, 7) is 8.52. The Labute approximate surface area is 98.8 Å². The fraction of sp³-hybridized carbons (Fsp3) is 0.467. The van der Waals surface area contributed by atoms with E-state index < -0.39 is 0 Å². The SMILES string of the molecule is CC/C=C\C(C)Cc1c(C)cc(O)cc1C. The van der Waals surface area contributed by atoms with E-state index >= 15 is 0 Å². The number of hydrogen-bond acceptors (Lipinski definition) is 1. The van der Waals surface area contributed by atoms with E-state index in [1.54, 1.807) is 0 Å². The standard InChI is InChI=1S/C15H22O/c1-5-6-7-11(2)8-15-12(3)9-14(16)10-13(15)4/h6-7,9-11,16H,5,8H2,1-4H3/b7-6-. The second-order valence-corrected chi connectivity index (χ2v) is 4.58. The Morgan fingerprint density at radius 1 is 1.25 bits per heavy atom. The van der Waals surface area contributed by atoms with Gasteiger partial charge in [-0.15, -0.1) is 0 Å². The van der Waals surface area contributed by atoms with Crippen LogP contribution in [0.1, 0.15) is 37.0 Å². The molecule has 1 N–H and O–H groups in total. The summed E-state index contributed by atoms with van der Waals surface area (Å²) >= 11 is 0. The maximum atomic E-state index is 9.48. The van der Waals surface area contributed by atoms with E-state index in [0.29, 0.717) is 11.7 Å². The molecule has 1 rings (SSSR count). The summed E-state index contributed by atoms with van der Waals surface area (Å²) in [4.78, 5) is 0. The molecule has 1 heteroatoms. The number of aromatic hydroxyl groups is 1. The third kappa shape index (κ3) is 3.41. The minimum atomic E-state index is 0.371. The highest BCUT2D eigenvalue weighted by Crippen LogP contribution is 2.23. The van der Waals surface area contributed by atoms with Crippen molar-refractivity contribution in [3.63, 3.8) is 0 Å². The van der Waals surface area contributed by atoms with E-state index in [0.717, 1.165) is 12.8 Å². The summed E-state index contributed by atoms with van der Waals surface area (Å²) < 4.78 is 0. The first-order valence-electron chi connectivity index (χ1n) is 6.00. The summed E-state index contributed by atoms with van der Waals surface area (Å²) in [5, 5.41) is 9.48. The van der Waals surface area contributed by atoms with E-state index in [-0.39, 0.29) is 0 Å². The molecule has 0 aromatic heterocycles. The first kappa shape index (κ1) is 12.8. The second-order valence-electron chi connectivity index (χ2n) is 4.58. The second kappa shape index (κ2) is 5.74. The molecule has 1 aromatic rings. The highest BCUT2D eigenvalue weighted by Gasteiger charge is 2.07. The smallest absolute Gasteiger partial charge is 0.116 e. The number of phenolic OH excluding ortho intramolecular Hbond substituents is 1. The van der Waals surface area contributed by atoms with Gasteiger partial charge in [0, 0.05) is 0 Å². The predicted molar refractivity (Wildman–Crippen MR) is 69.9 cm³/mol. The Morgan fingerprint density at radius 2 is 1.81 bits per heavy atom. The summed E-state index contributed by atoms with van der Waals surface area (Å²) in [7, 11) is 0. The van der Waals surface area contributed by atoms with Gasteiger partial charge in [0.05, 0.1) is 0 Å². The minimum absolute atomic E-state index is 0.371. The zero-order valence-corrected chi connectivity index (χ0v) is 10.7. The van der Waals surface area contributed by atoms with Gasteiger partial charge in [-0.2, -0.15) is 0 Å². The molecule has 0 saturated carbocycles. The maximum Gasteiger partial charge on any atom is 0.116 e. The van der Waals surface area contributed by atoms with Crippen molar-refractivity contribution in [3.05, 3.63) is 41.0 Å². The Balaban J connectivity index is 2.85. The molecule has 1 unspecified atom stereocenters. The molecule has 1 aromatic carbocycles. The van der Waals surface area contributed by atoms with Gasteiger partial charge < -0.3 is 5.11 Å². The van der Waals surface area contributed by atoms with Crippen molar-refractivity contribution in [3.8, 4) is 5.75 Å². The normalized spacial score (nSPS) is 13.2. The Bertz CT molecular complexity index is 354. The molecule has 0 aliphatic carbocycles. The van der Waals surface area contributed by atoms with Crippen LogP contribution in [0.3, 0.4) is 0 Å². The largest absolute Gasteiger partial charge is 0.508 e. The van der Waals surface area contributed by atoms with Crippen LogP contribution in [0.4, 0.5) is 0 Å². The van der Waals surface area contributed by atoms with Crippen molar-refractivity contribution in [2.45, 2.75) is 40.5 Å². The van der Waals surface area contributed by atoms with Crippen molar-refractivity contribution in [2.24, 2.45) is 5.92 Å². The molecule has 0 spiro atoms. The molecule has 0 heterocycles. The maximum absolute atomic E-state index is 9.48. The van der Waals surface area contributed by atoms with Crippen LogP contribution in [-0.4, -0.2) is 5.11 Å². The quantitative estimate of drug-likeness (QED) is 0.752. The lowest BCUT2D eigenvalue weighted by atomic mass is 9.93. The zero-order chi connectivity index (χ0) is 12.1. The van der Waals surface area contributed by atoms with Gasteiger partial charge in [0.25, 0.3) is 0 Å². The third-order valence-corrected chi connectivity index (χ3v) is 2.91. The van der Waals surface area contributed by atoms with Crippen LogP contribution in [0.25, 0.3) is 0 Å². The molecular weight excluding hydrogens is 196 g/mol. The van der Waals surface area contributed by atoms with Crippen LogP contribution in [0.5, 0.6) is 5.75 Å². The molecule has 0 saturated heterocycles. The van der Waals surface area contributed by atoms with Crippen molar-refractivity contribution in [2.75, 3.05) is 0 Å². The van der Waals surface area contributed by atoms with E-state index in [2.05, 4.69) is 39.8 Å². The summed E-state index contributed by atoms with van der Waals surface area (Å²) in [5.41, 5.74) is 3.74. The summed E-state index contributed by atoms with van der Waals surface area (Å²) in [5.74, 6) is 0.928. The van der Waals surface area contributed by atoms with E-state index in [4.69, 9.17) is 0 Å².